The maximum absolute atomic E-state index is 13.3. The first-order chi connectivity index (χ1) is 26.2. The lowest BCUT2D eigenvalue weighted by molar-refractivity contribution is -0.327. The number of unbranched alkanes of at least 4 members (excludes halogenated alkanes) is 4. The third-order valence-corrected chi connectivity index (χ3v) is 10.9. The van der Waals surface area contributed by atoms with Gasteiger partial charge in [0.15, 0.2) is 6.10 Å². The number of fused-ring (bicyclic) bond motifs is 4. The molecule has 0 aromatic carbocycles. The molecule has 15 heteroatoms. The molecular formula is C41H64O15. The van der Waals surface area contributed by atoms with Gasteiger partial charge in [-0.2, -0.15) is 0 Å². The molecule has 56 heavy (non-hydrogen) atoms. The van der Waals surface area contributed by atoms with E-state index in [1.165, 1.54) is 27.0 Å². The van der Waals surface area contributed by atoms with Crippen molar-refractivity contribution in [3.8, 4) is 0 Å². The zero-order chi connectivity index (χ0) is 41.8. The summed E-state index contributed by atoms with van der Waals surface area (Å²) in [5.74, 6) is -5.71. The van der Waals surface area contributed by atoms with Crippen LogP contribution in [0.5, 0.6) is 0 Å². The molecule has 318 valence electrons. The largest absolute Gasteiger partial charge is 0.466 e. The molecule has 0 radical (unpaired) electrons. The van der Waals surface area contributed by atoms with Crippen molar-refractivity contribution in [2.24, 2.45) is 10.8 Å². The van der Waals surface area contributed by atoms with Crippen LogP contribution in [0.15, 0.2) is 23.8 Å². The smallest absolute Gasteiger partial charge is 0.330 e. The van der Waals surface area contributed by atoms with Crippen LogP contribution in [0.25, 0.3) is 0 Å². The van der Waals surface area contributed by atoms with E-state index in [1.807, 2.05) is 0 Å². The SMILES string of the molecule is CCCCCCCC(=O)O[C@H]1/C(=C/C(=O)OC)C[C@H]2C[C@H]([C@@H](C)O)OC(=O)C[C@H](O)C[C@@H]3C[C@H](OC(C)=O)C(C)(C)[C@H](CC(=O)OC/C=C\C(C)(C)[C@]1(O)O2)O3. The molecule has 15 nitrogen and oxygen atoms in total. The van der Waals surface area contributed by atoms with Crippen molar-refractivity contribution in [2.75, 3.05) is 13.7 Å². The topological polar surface area (TPSA) is 211 Å². The zero-order valence-electron chi connectivity index (χ0n) is 34.3. The lowest BCUT2D eigenvalue weighted by Crippen LogP contribution is -2.62. The van der Waals surface area contributed by atoms with Gasteiger partial charge in [-0.15, -0.1) is 0 Å². The van der Waals surface area contributed by atoms with Crippen LogP contribution in [0.3, 0.4) is 0 Å². The minimum atomic E-state index is -2.35. The lowest BCUT2D eigenvalue weighted by atomic mass is 9.74. The van der Waals surface area contributed by atoms with Crippen molar-refractivity contribution in [3.05, 3.63) is 23.8 Å². The van der Waals surface area contributed by atoms with E-state index in [9.17, 15) is 39.3 Å². The molecule has 9 atom stereocenters. The van der Waals surface area contributed by atoms with Crippen LogP contribution in [0, 0.1) is 10.8 Å². The number of carbonyl (C=O) groups excluding carboxylic acids is 5. The van der Waals surface area contributed by atoms with E-state index in [1.54, 1.807) is 33.8 Å². The average Bonchev–Trinajstić information content (AvgIpc) is 3.09. The van der Waals surface area contributed by atoms with Crippen molar-refractivity contribution < 1.29 is 72.5 Å². The van der Waals surface area contributed by atoms with E-state index in [4.69, 9.17) is 33.2 Å². The quantitative estimate of drug-likeness (QED) is 0.0925. The highest BCUT2D eigenvalue weighted by Crippen LogP contribution is 2.47. The van der Waals surface area contributed by atoms with Gasteiger partial charge in [-0.1, -0.05) is 72.5 Å². The molecule has 0 unspecified atom stereocenters. The number of aliphatic hydroxyl groups is 3. The number of carbonyl (C=O) groups is 5. The molecule has 0 amide bonds. The minimum absolute atomic E-state index is 0.0506. The van der Waals surface area contributed by atoms with Crippen LogP contribution in [0.2, 0.25) is 0 Å². The first kappa shape index (κ1) is 47.0. The van der Waals surface area contributed by atoms with Crippen molar-refractivity contribution in [1.82, 2.24) is 0 Å². The predicted octanol–water partition coefficient (Wildman–Crippen LogP) is 4.30. The number of cyclic esters (lactones) is 2. The Morgan fingerprint density at radius 1 is 0.964 bits per heavy atom. The van der Waals surface area contributed by atoms with Gasteiger partial charge in [-0.05, 0) is 25.3 Å². The highest BCUT2D eigenvalue weighted by molar-refractivity contribution is 5.83. The third kappa shape index (κ3) is 13.1. The van der Waals surface area contributed by atoms with Crippen LogP contribution < -0.4 is 0 Å². The molecule has 2 saturated heterocycles. The maximum Gasteiger partial charge on any atom is 0.330 e. The molecule has 3 N–H and O–H groups in total. The summed E-state index contributed by atoms with van der Waals surface area (Å²) in [4.78, 5) is 64.4. The zero-order valence-corrected chi connectivity index (χ0v) is 34.3. The van der Waals surface area contributed by atoms with Gasteiger partial charge in [-0.25, -0.2) is 4.79 Å². The number of hydrogen-bond donors (Lipinski definition) is 3. The van der Waals surface area contributed by atoms with Crippen LogP contribution in [0.1, 0.15) is 126 Å². The van der Waals surface area contributed by atoms with Gasteiger partial charge >= 0.3 is 29.8 Å². The van der Waals surface area contributed by atoms with Crippen molar-refractivity contribution in [1.29, 1.82) is 0 Å². The first-order valence-corrected chi connectivity index (χ1v) is 19.8. The predicted molar refractivity (Wildman–Crippen MR) is 200 cm³/mol. The molecule has 0 aliphatic carbocycles. The summed E-state index contributed by atoms with van der Waals surface area (Å²) in [5, 5.41) is 34.3. The van der Waals surface area contributed by atoms with Crippen molar-refractivity contribution in [2.45, 2.75) is 180 Å². The van der Waals surface area contributed by atoms with Gasteiger partial charge in [0.1, 0.15) is 18.8 Å². The highest BCUT2D eigenvalue weighted by Gasteiger charge is 2.57. The van der Waals surface area contributed by atoms with Gasteiger partial charge in [0.2, 0.25) is 5.79 Å². The van der Waals surface area contributed by atoms with E-state index in [-0.39, 0.29) is 50.7 Å². The number of methoxy groups -OCH3 is 1. The van der Waals surface area contributed by atoms with Crippen LogP contribution in [0.4, 0.5) is 0 Å². The molecule has 3 rings (SSSR count). The Kier molecular flexibility index (Phi) is 17.5. The Morgan fingerprint density at radius 2 is 1.66 bits per heavy atom. The van der Waals surface area contributed by atoms with Gasteiger partial charge in [-0.3, -0.25) is 19.2 Å². The molecule has 3 heterocycles. The second kappa shape index (κ2) is 20.9. The Bertz CT molecular complexity index is 1420. The van der Waals surface area contributed by atoms with Crippen LogP contribution >= 0.6 is 0 Å². The summed E-state index contributed by atoms with van der Waals surface area (Å²) in [6.45, 7) is 11.4. The van der Waals surface area contributed by atoms with Crippen LogP contribution in [-0.2, 0) is 57.1 Å². The van der Waals surface area contributed by atoms with Gasteiger partial charge in [0, 0.05) is 49.5 Å². The maximum atomic E-state index is 13.3. The molecule has 3 aliphatic rings. The third-order valence-electron chi connectivity index (χ3n) is 10.9. The fourth-order valence-electron chi connectivity index (χ4n) is 7.45. The lowest BCUT2D eigenvalue weighted by Gasteiger charge is -2.51. The molecule has 0 spiro atoms. The Morgan fingerprint density at radius 3 is 2.30 bits per heavy atom. The second-order valence-electron chi connectivity index (χ2n) is 16.4. The van der Waals surface area contributed by atoms with Crippen molar-refractivity contribution in [3.63, 3.8) is 0 Å². The fourth-order valence-corrected chi connectivity index (χ4v) is 7.45. The Hall–Kier alpha value is -3.37. The molecule has 0 saturated carbocycles. The first-order valence-electron chi connectivity index (χ1n) is 19.8. The summed E-state index contributed by atoms with van der Waals surface area (Å²) in [5.41, 5.74) is -2.06. The summed E-state index contributed by atoms with van der Waals surface area (Å²) < 4.78 is 40.3. The van der Waals surface area contributed by atoms with Gasteiger partial charge in [0.25, 0.3) is 0 Å². The normalized spacial score (nSPS) is 33.2. The Labute approximate surface area is 330 Å². The summed E-state index contributed by atoms with van der Waals surface area (Å²) in [6.07, 6.45) is -0.481. The van der Waals surface area contributed by atoms with E-state index in [2.05, 4.69) is 6.92 Å². The number of esters is 5. The summed E-state index contributed by atoms with van der Waals surface area (Å²) in [7, 11) is 1.18. The summed E-state index contributed by atoms with van der Waals surface area (Å²) >= 11 is 0. The van der Waals surface area contributed by atoms with E-state index >= 15 is 0 Å². The molecule has 3 aliphatic heterocycles. The van der Waals surface area contributed by atoms with E-state index in [0.717, 1.165) is 31.8 Å². The Balaban J connectivity index is 2.04. The average molecular weight is 797 g/mol. The number of ether oxygens (including phenoxy) is 7. The highest BCUT2D eigenvalue weighted by atomic mass is 16.7. The molecule has 2 fully saturated rings. The van der Waals surface area contributed by atoms with Crippen LogP contribution in [-0.4, -0.2) is 114 Å². The molecule has 0 aromatic rings. The number of hydrogen-bond acceptors (Lipinski definition) is 15. The van der Waals surface area contributed by atoms with E-state index in [0.29, 0.717) is 6.42 Å². The minimum Gasteiger partial charge on any atom is -0.466 e. The molecular weight excluding hydrogens is 732 g/mol. The summed E-state index contributed by atoms with van der Waals surface area (Å²) in [6, 6.07) is 0. The molecule has 0 aromatic heterocycles. The fraction of sp³-hybridized carbons (Fsp3) is 0.780. The molecule has 4 bridgehead atoms. The second-order valence-corrected chi connectivity index (χ2v) is 16.4. The van der Waals surface area contributed by atoms with E-state index < -0.39 is 102 Å². The van der Waals surface area contributed by atoms with Gasteiger partial charge in [0.05, 0.1) is 50.5 Å². The van der Waals surface area contributed by atoms with Gasteiger partial charge < -0.3 is 48.5 Å². The number of aliphatic hydroxyl groups excluding tert-OH is 2. The number of rotatable bonds is 10. The standard InChI is InChI=1S/C41H64O15/c1-9-10-11-12-13-15-34(45)55-38-27(19-35(46)50-8)18-30-22-31(25(2)42)54-37(48)21-28(44)20-29-23-32(52-26(3)43)40(6,7)33(53-29)24-36(47)51-17-14-16-39(4,5)41(38,49)56-30/h14,16,19,25,28-33,38,42,44,49H,9-13,15,17-18,20-24H2,1-8H3/b16-14-,27-19+/t25-,28-,29-,30+,31-,32+,33+,38+,41-/m1/s1. The monoisotopic (exact) mass is 796 g/mol. The van der Waals surface area contributed by atoms with Crippen molar-refractivity contribution >= 4 is 29.8 Å².